The van der Waals surface area contributed by atoms with Gasteiger partial charge in [0.2, 0.25) is 0 Å². The van der Waals surface area contributed by atoms with E-state index in [1.165, 1.54) is 40.8 Å². The van der Waals surface area contributed by atoms with Crippen molar-refractivity contribution in [2.45, 2.75) is 17.5 Å². The molecule has 0 bridgehead atoms. The highest BCUT2D eigenvalue weighted by Gasteiger charge is 2.13. The summed E-state index contributed by atoms with van der Waals surface area (Å²) in [5, 5.41) is 2.56. The third-order valence-corrected chi connectivity index (χ3v) is 5.93. The lowest BCUT2D eigenvalue weighted by atomic mass is 10.2. The van der Waals surface area contributed by atoms with Crippen LogP contribution < -0.4 is 5.56 Å². The van der Waals surface area contributed by atoms with Gasteiger partial charge < -0.3 is 0 Å². The van der Waals surface area contributed by atoms with Gasteiger partial charge in [-0.05, 0) is 34.7 Å². The van der Waals surface area contributed by atoms with Gasteiger partial charge in [-0.2, -0.15) is 0 Å². The van der Waals surface area contributed by atoms with Crippen LogP contribution in [0.25, 0.3) is 10.2 Å². The normalized spacial score (nSPS) is 11.1. The van der Waals surface area contributed by atoms with E-state index in [9.17, 15) is 9.18 Å². The maximum atomic E-state index is 13.2. The molecule has 6 heteroatoms. The fourth-order valence-electron chi connectivity index (χ4n) is 2.67. The molecular weight excluding hydrogens is 367 g/mol. The minimum absolute atomic E-state index is 0.0510. The Balaban J connectivity index is 1.72. The summed E-state index contributed by atoms with van der Waals surface area (Å²) in [4.78, 5) is 17.6. The quantitative estimate of drug-likeness (QED) is 0.362. The van der Waals surface area contributed by atoms with Gasteiger partial charge in [0.05, 0.1) is 12.1 Å². The first-order valence-corrected chi connectivity index (χ1v) is 9.96. The molecule has 2 heterocycles. The van der Waals surface area contributed by atoms with Crippen LogP contribution in [0.2, 0.25) is 0 Å². The maximum absolute atomic E-state index is 13.2. The average molecular weight is 382 g/mol. The van der Waals surface area contributed by atoms with E-state index >= 15 is 0 Å². The standard InChI is InChI=1S/C20H15FN2OS2/c21-16-8-6-14(7-9-16)12-23-19(24)18-17(10-11-25-18)22-20(23)26-13-15-4-2-1-3-5-15/h1-11H,12-13H2. The molecular formula is C20H15FN2OS2. The Bertz CT molecular complexity index is 1090. The van der Waals surface area contributed by atoms with Crippen molar-refractivity contribution in [3.8, 4) is 0 Å². The molecule has 0 radical (unpaired) electrons. The van der Waals surface area contributed by atoms with Crippen LogP contribution in [0.1, 0.15) is 11.1 Å². The van der Waals surface area contributed by atoms with Crippen molar-refractivity contribution in [2.75, 3.05) is 0 Å². The molecule has 4 aromatic rings. The van der Waals surface area contributed by atoms with E-state index in [0.717, 1.165) is 16.8 Å². The zero-order chi connectivity index (χ0) is 17.9. The van der Waals surface area contributed by atoms with Gasteiger partial charge >= 0.3 is 0 Å². The van der Waals surface area contributed by atoms with Gasteiger partial charge in [-0.3, -0.25) is 9.36 Å². The molecule has 0 aliphatic heterocycles. The van der Waals surface area contributed by atoms with Crippen LogP contribution in [-0.4, -0.2) is 9.55 Å². The third-order valence-electron chi connectivity index (χ3n) is 4.00. The van der Waals surface area contributed by atoms with Crippen LogP contribution in [0.4, 0.5) is 4.39 Å². The first kappa shape index (κ1) is 17.0. The summed E-state index contributed by atoms with van der Waals surface area (Å²) < 4.78 is 15.5. The fraction of sp³-hybridized carbons (Fsp3) is 0.100. The number of benzene rings is 2. The number of hydrogen-bond acceptors (Lipinski definition) is 4. The highest BCUT2D eigenvalue weighted by atomic mass is 32.2. The Hall–Kier alpha value is -2.44. The van der Waals surface area contributed by atoms with Gasteiger partial charge in [-0.15, -0.1) is 11.3 Å². The second-order valence-corrected chi connectivity index (χ2v) is 7.68. The van der Waals surface area contributed by atoms with Crippen molar-refractivity contribution in [3.05, 3.63) is 93.3 Å². The number of thioether (sulfide) groups is 1. The topological polar surface area (TPSA) is 34.9 Å². The summed E-state index contributed by atoms with van der Waals surface area (Å²) >= 11 is 2.94. The molecule has 26 heavy (non-hydrogen) atoms. The molecule has 2 aromatic heterocycles. The lowest BCUT2D eigenvalue weighted by Gasteiger charge is -2.12. The summed E-state index contributed by atoms with van der Waals surface area (Å²) in [5.74, 6) is 0.443. The molecule has 0 unspecified atom stereocenters. The Morgan fingerprint density at radius 3 is 2.54 bits per heavy atom. The van der Waals surface area contributed by atoms with Gasteiger partial charge in [-0.1, -0.05) is 54.2 Å². The van der Waals surface area contributed by atoms with E-state index in [0.29, 0.717) is 16.4 Å². The van der Waals surface area contributed by atoms with E-state index in [2.05, 4.69) is 17.1 Å². The summed E-state index contributed by atoms with van der Waals surface area (Å²) in [5.41, 5.74) is 2.72. The number of halogens is 1. The van der Waals surface area contributed by atoms with Gasteiger partial charge in [0.15, 0.2) is 5.16 Å². The molecule has 0 aliphatic rings. The number of thiophene rings is 1. The molecule has 0 saturated carbocycles. The monoisotopic (exact) mass is 382 g/mol. The number of fused-ring (bicyclic) bond motifs is 1. The Labute approximate surface area is 158 Å². The Kier molecular flexibility index (Phi) is 4.86. The van der Waals surface area contributed by atoms with Crippen molar-refractivity contribution in [1.29, 1.82) is 0 Å². The largest absolute Gasteiger partial charge is 0.282 e. The molecule has 0 saturated heterocycles. The first-order valence-electron chi connectivity index (χ1n) is 8.10. The zero-order valence-electron chi connectivity index (χ0n) is 13.8. The van der Waals surface area contributed by atoms with E-state index in [4.69, 9.17) is 0 Å². The van der Waals surface area contributed by atoms with E-state index in [1.54, 1.807) is 16.7 Å². The van der Waals surface area contributed by atoms with Crippen molar-refractivity contribution in [1.82, 2.24) is 9.55 Å². The molecule has 2 aromatic carbocycles. The number of rotatable bonds is 5. The molecule has 130 valence electrons. The second kappa shape index (κ2) is 7.43. The van der Waals surface area contributed by atoms with Crippen molar-refractivity contribution in [3.63, 3.8) is 0 Å². The van der Waals surface area contributed by atoms with Gasteiger partial charge in [0.25, 0.3) is 5.56 Å². The van der Waals surface area contributed by atoms with Crippen LogP contribution in [0.5, 0.6) is 0 Å². The van der Waals surface area contributed by atoms with Crippen LogP contribution in [0, 0.1) is 5.82 Å². The lowest BCUT2D eigenvalue weighted by Crippen LogP contribution is -2.23. The van der Waals surface area contributed by atoms with Crippen molar-refractivity contribution < 1.29 is 4.39 Å². The number of hydrogen-bond donors (Lipinski definition) is 0. The van der Waals surface area contributed by atoms with Gasteiger partial charge in [0, 0.05) is 5.75 Å². The summed E-state index contributed by atoms with van der Waals surface area (Å²) in [6.45, 7) is 0.372. The second-order valence-electron chi connectivity index (χ2n) is 5.82. The zero-order valence-corrected chi connectivity index (χ0v) is 15.4. The highest BCUT2D eigenvalue weighted by molar-refractivity contribution is 7.98. The van der Waals surface area contributed by atoms with E-state index in [-0.39, 0.29) is 11.4 Å². The number of aromatic nitrogens is 2. The maximum Gasteiger partial charge on any atom is 0.272 e. The summed E-state index contributed by atoms with van der Waals surface area (Å²) in [6.07, 6.45) is 0. The fourth-order valence-corrected chi connectivity index (χ4v) is 4.40. The van der Waals surface area contributed by atoms with Gasteiger partial charge in [0.1, 0.15) is 10.5 Å². The van der Waals surface area contributed by atoms with Crippen LogP contribution in [-0.2, 0) is 12.3 Å². The minimum Gasteiger partial charge on any atom is -0.282 e. The Morgan fingerprint density at radius 1 is 1.00 bits per heavy atom. The average Bonchev–Trinajstić information content (AvgIpc) is 3.14. The lowest BCUT2D eigenvalue weighted by molar-refractivity contribution is 0.623. The van der Waals surface area contributed by atoms with Crippen LogP contribution in [0.15, 0.2) is 76.0 Å². The number of nitrogens with zero attached hydrogens (tertiary/aromatic N) is 2. The molecule has 0 aliphatic carbocycles. The van der Waals surface area contributed by atoms with Crippen LogP contribution >= 0.6 is 23.1 Å². The molecule has 0 spiro atoms. The summed E-state index contributed by atoms with van der Waals surface area (Å²) in [7, 11) is 0. The van der Waals surface area contributed by atoms with E-state index in [1.807, 2.05) is 29.6 Å². The van der Waals surface area contributed by atoms with Crippen molar-refractivity contribution >= 4 is 33.3 Å². The molecule has 3 nitrogen and oxygen atoms in total. The Morgan fingerprint density at radius 2 is 1.77 bits per heavy atom. The molecule has 0 amide bonds. The summed E-state index contributed by atoms with van der Waals surface area (Å²) in [6, 6.07) is 18.2. The molecule has 4 rings (SSSR count). The molecule has 0 fully saturated rings. The van der Waals surface area contributed by atoms with E-state index < -0.39 is 0 Å². The van der Waals surface area contributed by atoms with Gasteiger partial charge in [-0.25, -0.2) is 9.37 Å². The van der Waals surface area contributed by atoms with Crippen molar-refractivity contribution in [2.24, 2.45) is 0 Å². The first-order chi connectivity index (χ1) is 12.7. The predicted octanol–water partition coefficient (Wildman–Crippen LogP) is 4.94. The SMILES string of the molecule is O=c1c2sccc2nc(SCc2ccccc2)n1Cc1ccc(F)cc1. The minimum atomic E-state index is -0.286. The molecule has 0 atom stereocenters. The predicted molar refractivity (Wildman–Crippen MR) is 105 cm³/mol. The van der Waals surface area contributed by atoms with Crippen LogP contribution in [0.3, 0.4) is 0 Å². The smallest absolute Gasteiger partial charge is 0.272 e. The molecule has 0 N–H and O–H groups in total. The highest BCUT2D eigenvalue weighted by Crippen LogP contribution is 2.24. The third kappa shape index (κ3) is 3.57.